The predicted molar refractivity (Wildman–Crippen MR) is 114 cm³/mol. The molecule has 0 aromatic heterocycles. The van der Waals surface area contributed by atoms with E-state index in [9.17, 15) is 0 Å². The summed E-state index contributed by atoms with van der Waals surface area (Å²) in [4.78, 5) is 2.41. The summed E-state index contributed by atoms with van der Waals surface area (Å²) in [6.45, 7) is 14.0. The monoisotopic (exact) mass is 437 g/mol. The zero-order valence-corrected chi connectivity index (χ0v) is 18.5. The van der Waals surface area contributed by atoms with Crippen LogP contribution in [0.3, 0.4) is 0 Å². The van der Waals surface area contributed by atoms with E-state index < -0.39 is 0 Å². The van der Waals surface area contributed by atoms with Crippen LogP contribution < -0.4 is 11.1 Å². The molecule has 0 saturated carbocycles. The SMILES string of the molecule is NCCOCCOCCOCCOCCOCCOCCOCCN1CCNCC1. The molecule has 1 heterocycles. The molecule has 1 saturated heterocycles. The van der Waals surface area contributed by atoms with E-state index in [1.807, 2.05) is 0 Å². The van der Waals surface area contributed by atoms with Crippen molar-refractivity contribution in [3.63, 3.8) is 0 Å². The van der Waals surface area contributed by atoms with Gasteiger partial charge in [0.2, 0.25) is 0 Å². The molecule has 180 valence electrons. The minimum atomic E-state index is 0.537. The first-order chi connectivity index (χ1) is 14.9. The topological polar surface area (TPSA) is 106 Å². The van der Waals surface area contributed by atoms with Gasteiger partial charge in [0.1, 0.15) is 0 Å². The Bertz CT molecular complexity index is 338. The smallest absolute Gasteiger partial charge is 0.0701 e. The van der Waals surface area contributed by atoms with E-state index >= 15 is 0 Å². The molecule has 0 amide bonds. The highest BCUT2D eigenvalue weighted by Gasteiger charge is 2.08. The van der Waals surface area contributed by atoms with Gasteiger partial charge in [0.15, 0.2) is 0 Å². The van der Waals surface area contributed by atoms with Crippen LogP contribution >= 0.6 is 0 Å². The first-order valence-corrected chi connectivity index (χ1v) is 11.1. The Morgan fingerprint density at radius 3 is 1.20 bits per heavy atom. The second kappa shape index (κ2) is 23.3. The summed E-state index contributed by atoms with van der Waals surface area (Å²) in [6, 6.07) is 0. The van der Waals surface area contributed by atoms with Gasteiger partial charge in [0.05, 0.1) is 92.5 Å². The van der Waals surface area contributed by atoms with Crippen molar-refractivity contribution in [1.29, 1.82) is 0 Å². The van der Waals surface area contributed by atoms with E-state index in [4.69, 9.17) is 38.9 Å². The van der Waals surface area contributed by atoms with Crippen LogP contribution in [0.15, 0.2) is 0 Å². The Balaban J connectivity index is 1.63. The van der Waals surface area contributed by atoms with Crippen molar-refractivity contribution in [3.05, 3.63) is 0 Å². The maximum Gasteiger partial charge on any atom is 0.0701 e. The van der Waals surface area contributed by atoms with Crippen molar-refractivity contribution in [2.45, 2.75) is 0 Å². The zero-order chi connectivity index (χ0) is 21.4. The molecule has 0 unspecified atom stereocenters. The molecule has 30 heavy (non-hydrogen) atoms. The molecule has 0 bridgehead atoms. The number of nitrogens with zero attached hydrogens (tertiary/aromatic N) is 1. The molecule has 0 atom stereocenters. The average Bonchev–Trinajstić information content (AvgIpc) is 2.78. The number of hydrogen-bond acceptors (Lipinski definition) is 10. The lowest BCUT2D eigenvalue weighted by molar-refractivity contribution is -0.0208. The fraction of sp³-hybridized carbons (Fsp3) is 1.00. The first-order valence-electron chi connectivity index (χ1n) is 11.1. The van der Waals surface area contributed by atoms with Crippen molar-refractivity contribution < 1.29 is 33.2 Å². The minimum Gasteiger partial charge on any atom is -0.378 e. The van der Waals surface area contributed by atoms with Crippen LogP contribution in [0.25, 0.3) is 0 Å². The van der Waals surface area contributed by atoms with Gasteiger partial charge in [-0.2, -0.15) is 0 Å². The first kappa shape index (κ1) is 27.6. The number of hydrogen-bond donors (Lipinski definition) is 2. The molecule has 0 spiro atoms. The average molecular weight is 438 g/mol. The van der Waals surface area contributed by atoms with E-state index in [1.165, 1.54) is 0 Å². The summed E-state index contributed by atoms with van der Waals surface area (Å²) >= 11 is 0. The molecule has 0 aromatic carbocycles. The normalized spacial score (nSPS) is 15.1. The van der Waals surface area contributed by atoms with Crippen molar-refractivity contribution in [1.82, 2.24) is 10.2 Å². The van der Waals surface area contributed by atoms with Crippen LogP contribution in [0.2, 0.25) is 0 Å². The lowest BCUT2D eigenvalue weighted by atomic mass is 10.4. The minimum absolute atomic E-state index is 0.537. The third kappa shape index (κ3) is 19.6. The Morgan fingerprint density at radius 2 is 0.833 bits per heavy atom. The third-order valence-corrected chi connectivity index (χ3v) is 4.26. The fourth-order valence-electron chi connectivity index (χ4n) is 2.63. The van der Waals surface area contributed by atoms with Gasteiger partial charge in [0, 0.05) is 39.3 Å². The number of nitrogens with one attached hydrogen (secondary N) is 1. The number of ether oxygens (including phenoxy) is 7. The molecule has 1 aliphatic heterocycles. The van der Waals surface area contributed by atoms with Gasteiger partial charge in [-0.05, 0) is 0 Å². The molecule has 0 aromatic rings. The largest absolute Gasteiger partial charge is 0.378 e. The molecule has 10 heteroatoms. The maximum atomic E-state index is 5.59. The lowest BCUT2D eigenvalue weighted by Crippen LogP contribution is -2.44. The summed E-state index contributed by atoms with van der Waals surface area (Å²) < 4.78 is 37.9. The predicted octanol–water partition coefficient (Wildman–Crippen LogP) is -1.03. The van der Waals surface area contributed by atoms with E-state index in [-0.39, 0.29) is 0 Å². The van der Waals surface area contributed by atoms with Crippen molar-refractivity contribution >= 4 is 0 Å². The van der Waals surface area contributed by atoms with Gasteiger partial charge >= 0.3 is 0 Å². The lowest BCUT2D eigenvalue weighted by Gasteiger charge is -2.26. The molecule has 1 aliphatic rings. The molecular weight excluding hydrogens is 394 g/mol. The molecule has 1 rings (SSSR count). The van der Waals surface area contributed by atoms with E-state index in [1.54, 1.807) is 0 Å². The van der Waals surface area contributed by atoms with Crippen LogP contribution in [0.5, 0.6) is 0 Å². The summed E-state index contributed by atoms with van der Waals surface area (Å²) in [5.41, 5.74) is 5.31. The van der Waals surface area contributed by atoms with E-state index in [0.29, 0.717) is 92.4 Å². The Hall–Kier alpha value is -0.400. The highest BCUT2D eigenvalue weighted by molar-refractivity contribution is 4.66. The van der Waals surface area contributed by atoms with Crippen LogP contribution in [-0.4, -0.2) is 137 Å². The molecule has 3 N–H and O–H groups in total. The highest BCUT2D eigenvalue weighted by Crippen LogP contribution is 1.92. The fourth-order valence-corrected chi connectivity index (χ4v) is 2.63. The summed E-state index contributed by atoms with van der Waals surface area (Å²) in [6.07, 6.45) is 0. The Morgan fingerprint density at radius 1 is 0.500 bits per heavy atom. The Labute approximate surface area is 181 Å². The highest BCUT2D eigenvalue weighted by atomic mass is 16.6. The van der Waals surface area contributed by atoms with E-state index in [2.05, 4.69) is 10.2 Å². The second-order valence-corrected chi connectivity index (χ2v) is 6.67. The van der Waals surface area contributed by atoms with Gasteiger partial charge in [0.25, 0.3) is 0 Å². The summed E-state index contributed by atoms with van der Waals surface area (Å²) in [7, 11) is 0. The van der Waals surface area contributed by atoms with Crippen LogP contribution in [0, 0.1) is 0 Å². The third-order valence-electron chi connectivity index (χ3n) is 4.26. The maximum absolute atomic E-state index is 5.59. The molecule has 0 aliphatic carbocycles. The van der Waals surface area contributed by atoms with Gasteiger partial charge in [-0.25, -0.2) is 0 Å². The summed E-state index contributed by atoms with van der Waals surface area (Å²) in [5, 5.41) is 3.34. The van der Waals surface area contributed by atoms with Crippen molar-refractivity contribution in [2.24, 2.45) is 5.73 Å². The van der Waals surface area contributed by atoms with Crippen molar-refractivity contribution in [2.75, 3.05) is 132 Å². The van der Waals surface area contributed by atoms with E-state index in [0.717, 1.165) is 39.3 Å². The molecule has 1 fully saturated rings. The van der Waals surface area contributed by atoms with Gasteiger partial charge in [-0.3, -0.25) is 4.90 Å². The summed E-state index contributed by atoms with van der Waals surface area (Å²) in [5.74, 6) is 0. The second-order valence-electron chi connectivity index (χ2n) is 6.67. The Kier molecular flexibility index (Phi) is 21.4. The zero-order valence-electron chi connectivity index (χ0n) is 18.5. The van der Waals surface area contributed by atoms with Gasteiger partial charge in [-0.15, -0.1) is 0 Å². The van der Waals surface area contributed by atoms with Gasteiger partial charge < -0.3 is 44.2 Å². The molecule has 10 nitrogen and oxygen atoms in total. The quantitative estimate of drug-likeness (QED) is 0.193. The van der Waals surface area contributed by atoms with Crippen LogP contribution in [0.1, 0.15) is 0 Å². The van der Waals surface area contributed by atoms with Crippen molar-refractivity contribution in [3.8, 4) is 0 Å². The number of nitrogens with two attached hydrogens (primary N) is 1. The standard InChI is InChI=1S/C20H43N3O7/c21-1-7-24-9-11-26-13-15-28-17-19-30-20-18-29-16-14-27-12-10-25-8-6-23-4-2-22-3-5-23/h22H,1-21H2. The number of piperazine rings is 1. The molecule has 0 radical (unpaired) electrons. The van der Waals surface area contributed by atoms with Gasteiger partial charge in [-0.1, -0.05) is 0 Å². The number of rotatable bonds is 23. The molecular formula is C20H43N3O7. The van der Waals surface area contributed by atoms with Crippen LogP contribution in [-0.2, 0) is 33.2 Å². The van der Waals surface area contributed by atoms with Crippen LogP contribution in [0.4, 0.5) is 0 Å².